The Hall–Kier alpha value is -0.850. The van der Waals surface area contributed by atoms with Gasteiger partial charge in [0, 0.05) is 31.7 Å². The van der Waals surface area contributed by atoms with Crippen molar-refractivity contribution >= 4 is 6.03 Å². The van der Waals surface area contributed by atoms with Crippen molar-refractivity contribution in [3.05, 3.63) is 0 Å². The molecule has 6 heteroatoms. The van der Waals surface area contributed by atoms with E-state index in [0.717, 1.165) is 26.3 Å². The third-order valence-corrected chi connectivity index (χ3v) is 4.44. The molecule has 0 aromatic rings. The molecule has 1 fully saturated rings. The van der Waals surface area contributed by atoms with Crippen molar-refractivity contribution in [2.45, 2.75) is 51.7 Å². The molecule has 3 N–H and O–H groups in total. The monoisotopic (exact) mass is 301 g/mol. The van der Waals surface area contributed by atoms with Gasteiger partial charge in [-0.3, -0.25) is 4.90 Å². The molecule has 1 heterocycles. The van der Waals surface area contributed by atoms with E-state index in [2.05, 4.69) is 29.4 Å². The fourth-order valence-corrected chi connectivity index (χ4v) is 2.38. The summed E-state index contributed by atoms with van der Waals surface area (Å²) in [5.41, 5.74) is -0.913. The SMILES string of the molecule is CCC(O)(CC)CNC(=O)NCC(C)(C)N1CCOCC1. The second-order valence-corrected chi connectivity index (χ2v) is 6.38. The number of hydrogen-bond acceptors (Lipinski definition) is 4. The van der Waals surface area contributed by atoms with Gasteiger partial charge in [-0.1, -0.05) is 13.8 Å². The standard InChI is InChI=1S/C15H31N3O3/c1-5-15(20,6-2)12-17-13(19)16-11-14(3,4)18-7-9-21-10-8-18/h20H,5-12H2,1-4H3,(H2,16,17,19). The molecule has 1 saturated heterocycles. The second kappa shape index (κ2) is 7.96. The highest BCUT2D eigenvalue weighted by molar-refractivity contribution is 5.74. The molecule has 0 aromatic carbocycles. The first-order valence-electron chi connectivity index (χ1n) is 7.90. The van der Waals surface area contributed by atoms with Crippen molar-refractivity contribution < 1.29 is 14.6 Å². The summed E-state index contributed by atoms with van der Waals surface area (Å²) < 4.78 is 5.35. The number of amides is 2. The number of hydrogen-bond donors (Lipinski definition) is 3. The molecular weight excluding hydrogens is 270 g/mol. The number of nitrogens with zero attached hydrogens (tertiary/aromatic N) is 1. The highest BCUT2D eigenvalue weighted by Gasteiger charge is 2.29. The van der Waals surface area contributed by atoms with E-state index in [1.54, 1.807) is 0 Å². The fourth-order valence-electron chi connectivity index (χ4n) is 2.38. The number of morpholine rings is 1. The van der Waals surface area contributed by atoms with Crippen LogP contribution in [0.5, 0.6) is 0 Å². The van der Waals surface area contributed by atoms with Crippen LogP contribution in [0.15, 0.2) is 0 Å². The van der Waals surface area contributed by atoms with E-state index in [1.165, 1.54) is 0 Å². The number of ether oxygens (including phenoxy) is 1. The van der Waals surface area contributed by atoms with Crippen LogP contribution < -0.4 is 10.6 Å². The summed E-state index contributed by atoms with van der Waals surface area (Å²) in [5.74, 6) is 0. The van der Waals surface area contributed by atoms with Crippen LogP contribution in [0.3, 0.4) is 0 Å². The molecule has 0 atom stereocenters. The third kappa shape index (κ3) is 5.80. The third-order valence-electron chi connectivity index (χ3n) is 4.44. The number of carbonyl (C=O) groups excluding carboxylic acids is 1. The zero-order valence-corrected chi connectivity index (χ0v) is 13.9. The van der Waals surface area contributed by atoms with E-state index in [0.29, 0.717) is 19.4 Å². The zero-order chi connectivity index (χ0) is 15.9. The molecular formula is C15H31N3O3. The van der Waals surface area contributed by atoms with Gasteiger partial charge in [0.1, 0.15) is 0 Å². The molecule has 0 aliphatic carbocycles. The molecule has 6 nitrogen and oxygen atoms in total. The molecule has 0 unspecified atom stereocenters. The van der Waals surface area contributed by atoms with E-state index >= 15 is 0 Å². The maximum absolute atomic E-state index is 11.9. The topological polar surface area (TPSA) is 73.8 Å². The molecule has 1 aliphatic rings. The Balaban J connectivity index is 2.34. The Morgan fingerprint density at radius 3 is 2.19 bits per heavy atom. The van der Waals surface area contributed by atoms with Crippen molar-refractivity contribution in [2.75, 3.05) is 39.4 Å². The van der Waals surface area contributed by atoms with Crippen molar-refractivity contribution in [3.8, 4) is 0 Å². The van der Waals surface area contributed by atoms with Gasteiger partial charge in [-0.05, 0) is 26.7 Å². The van der Waals surface area contributed by atoms with Gasteiger partial charge in [-0.25, -0.2) is 4.79 Å². The zero-order valence-electron chi connectivity index (χ0n) is 13.9. The van der Waals surface area contributed by atoms with Crippen molar-refractivity contribution in [2.24, 2.45) is 0 Å². The number of rotatable bonds is 7. The average Bonchev–Trinajstić information content (AvgIpc) is 2.51. The summed E-state index contributed by atoms with van der Waals surface area (Å²) in [4.78, 5) is 14.2. The predicted octanol–water partition coefficient (Wildman–Crippen LogP) is 0.948. The van der Waals surface area contributed by atoms with Crippen molar-refractivity contribution in [1.82, 2.24) is 15.5 Å². The first kappa shape index (κ1) is 18.2. The van der Waals surface area contributed by atoms with E-state index in [1.807, 2.05) is 13.8 Å². The van der Waals surface area contributed by atoms with Gasteiger partial charge >= 0.3 is 6.03 Å². The maximum atomic E-state index is 11.9. The Morgan fingerprint density at radius 1 is 1.14 bits per heavy atom. The molecule has 21 heavy (non-hydrogen) atoms. The Labute approximate surface area is 128 Å². The van der Waals surface area contributed by atoms with Crippen LogP contribution in [0, 0.1) is 0 Å². The van der Waals surface area contributed by atoms with E-state index in [-0.39, 0.29) is 18.1 Å². The Kier molecular flexibility index (Phi) is 6.90. The average molecular weight is 301 g/mol. The number of urea groups is 1. The van der Waals surface area contributed by atoms with E-state index < -0.39 is 5.60 Å². The lowest BCUT2D eigenvalue weighted by Gasteiger charge is -2.40. The highest BCUT2D eigenvalue weighted by atomic mass is 16.5. The molecule has 124 valence electrons. The van der Waals surface area contributed by atoms with E-state index in [4.69, 9.17) is 4.74 Å². The lowest BCUT2D eigenvalue weighted by molar-refractivity contribution is -0.00888. The van der Waals surface area contributed by atoms with Crippen LogP contribution in [0.1, 0.15) is 40.5 Å². The first-order chi connectivity index (χ1) is 9.83. The van der Waals surface area contributed by atoms with Crippen LogP contribution >= 0.6 is 0 Å². The molecule has 0 radical (unpaired) electrons. The van der Waals surface area contributed by atoms with Crippen LogP contribution in [-0.4, -0.2) is 66.6 Å². The smallest absolute Gasteiger partial charge is 0.314 e. The number of nitrogens with one attached hydrogen (secondary N) is 2. The van der Waals surface area contributed by atoms with Gasteiger partial charge < -0.3 is 20.5 Å². The van der Waals surface area contributed by atoms with Gasteiger partial charge in [0.25, 0.3) is 0 Å². The maximum Gasteiger partial charge on any atom is 0.314 e. The minimum atomic E-state index is -0.808. The molecule has 0 bridgehead atoms. The van der Waals surface area contributed by atoms with Gasteiger partial charge in [0.05, 0.1) is 18.8 Å². The first-order valence-corrected chi connectivity index (χ1v) is 7.90. The summed E-state index contributed by atoms with van der Waals surface area (Å²) in [5, 5.41) is 15.8. The van der Waals surface area contributed by atoms with E-state index in [9.17, 15) is 9.90 Å². The Morgan fingerprint density at radius 2 is 1.67 bits per heavy atom. The fraction of sp³-hybridized carbons (Fsp3) is 0.933. The summed E-state index contributed by atoms with van der Waals surface area (Å²) in [6, 6.07) is -0.225. The highest BCUT2D eigenvalue weighted by Crippen LogP contribution is 2.15. The van der Waals surface area contributed by atoms with Crippen LogP contribution in [0.2, 0.25) is 0 Å². The normalized spacial score (nSPS) is 17.6. The summed E-state index contributed by atoms with van der Waals surface area (Å²) in [6.07, 6.45) is 1.26. The minimum absolute atomic E-state index is 0.104. The Bertz CT molecular complexity index is 324. The summed E-state index contributed by atoms with van der Waals surface area (Å²) in [7, 11) is 0. The van der Waals surface area contributed by atoms with Crippen molar-refractivity contribution in [1.29, 1.82) is 0 Å². The van der Waals surface area contributed by atoms with Crippen LogP contribution in [0.25, 0.3) is 0 Å². The molecule has 0 saturated carbocycles. The molecule has 1 rings (SSSR count). The quantitative estimate of drug-likeness (QED) is 0.654. The lowest BCUT2D eigenvalue weighted by atomic mass is 9.98. The summed E-state index contributed by atoms with van der Waals surface area (Å²) in [6.45, 7) is 12.2. The number of carbonyl (C=O) groups is 1. The van der Waals surface area contributed by atoms with Crippen molar-refractivity contribution in [3.63, 3.8) is 0 Å². The lowest BCUT2D eigenvalue weighted by Crippen LogP contribution is -2.57. The molecule has 0 spiro atoms. The van der Waals surface area contributed by atoms with Gasteiger partial charge in [0.2, 0.25) is 0 Å². The minimum Gasteiger partial charge on any atom is -0.388 e. The molecule has 0 aromatic heterocycles. The predicted molar refractivity (Wildman–Crippen MR) is 83.4 cm³/mol. The van der Waals surface area contributed by atoms with Crippen LogP contribution in [0.4, 0.5) is 4.79 Å². The number of aliphatic hydroxyl groups is 1. The van der Waals surface area contributed by atoms with Crippen LogP contribution in [-0.2, 0) is 4.74 Å². The van der Waals surface area contributed by atoms with Gasteiger partial charge in [-0.2, -0.15) is 0 Å². The second-order valence-electron chi connectivity index (χ2n) is 6.38. The molecule has 1 aliphatic heterocycles. The summed E-state index contributed by atoms with van der Waals surface area (Å²) >= 11 is 0. The van der Waals surface area contributed by atoms with Gasteiger partial charge in [0.15, 0.2) is 0 Å². The van der Waals surface area contributed by atoms with Gasteiger partial charge in [-0.15, -0.1) is 0 Å². The molecule has 2 amide bonds. The largest absolute Gasteiger partial charge is 0.388 e.